The van der Waals surface area contributed by atoms with Crippen LogP contribution in [-0.4, -0.2) is 12.7 Å². The van der Waals surface area contributed by atoms with Crippen LogP contribution in [0.4, 0.5) is 10.5 Å². The highest BCUT2D eigenvalue weighted by Gasteiger charge is 2.27. The largest absolute Gasteiger partial charge is 0.442 e. The monoisotopic (exact) mass is 189 g/mol. The number of hydrogen-bond acceptors (Lipinski definition) is 2. The van der Waals surface area contributed by atoms with E-state index in [0.29, 0.717) is 6.61 Å². The number of rotatable bonds is 1. The van der Waals surface area contributed by atoms with E-state index in [-0.39, 0.29) is 6.09 Å². The van der Waals surface area contributed by atoms with Gasteiger partial charge >= 0.3 is 6.09 Å². The Morgan fingerprint density at radius 3 is 2.71 bits per heavy atom. The van der Waals surface area contributed by atoms with Crippen molar-refractivity contribution in [2.75, 3.05) is 11.5 Å². The van der Waals surface area contributed by atoms with Crippen LogP contribution in [0.15, 0.2) is 42.1 Å². The first kappa shape index (κ1) is 8.81. The number of hydrogen-bond donors (Lipinski definition) is 0. The number of carbonyl (C=O) groups is 1. The van der Waals surface area contributed by atoms with Gasteiger partial charge in [-0.15, -0.1) is 0 Å². The second kappa shape index (κ2) is 3.54. The maximum Gasteiger partial charge on any atom is 0.419 e. The number of nitrogens with zero attached hydrogens (tertiary/aromatic N) is 1. The molecule has 1 aromatic rings. The van der Waals surface area contributed by atoms with Crippen LogP contribution < -0.4 is 4.90 Å². The molecule has 0 bridgehead atoms. The Morgan fingerprint density at radius 1 is 1.36 bits per heavy atom. The second-order valence-electron chi connectivity index (χ2n) is 3.01. The summed E-state index contributed by atoms with van der Waals surface area (Å²) in [6.07, 6.45) is 1.59. The number of cyclic esters (lactones) is 1. The van der Waals surface area contributed by atoms with Crippen LogP contribution >= 0.6 is 0 Å². The van der Waals surface area contributed by atoms with Gasteiger partial charge in [-0.05, 0) is 19.1 Å². The molecule has 1 fully saturated rings. The van der Waals surface area contributed by atoms with Crippen LogP contribution in [0.5, 0.6) is 0 Å². The first-order valence-electron chi connectivity index (χ1n) is 4.50. The molecule has 3 heteroatoms. The first-order valence-corrected chi connectivity index (χ1v) is 4.50. The summed E-state index contributed by atoms with van der Waals surface area (Å²) in [7, 11) is 0. The molecular formula is C11H11NO2. The predicted octanol–water partition coefficient (Wildman–Crippen LogP) is 2.55. The van der Waals surface area contributed by atoms with E-state index in [1.165, 1.54) is 0 Å². The summed E-state index contributed by atoms with van der Waals surface area (Å²) in [6, 6.07) is 9.48. The minimum Gasteiger partial charge on any atom is -0.442 e. The molecule has 0 atom stereocenters. The molecule has 0 aliphatic carbocycles. The molecule has 1 heterocycles. The highest BCUT2D eigenvalue weighted by Crippen LogP contribution is 2.24. The predicted molar refractivity (Wildman–Crippen MR) is 54.0 cm³/mol. The topological polar surface area (TPSA) is 29.5 Å². The lowest BCUT2D eigenvalue weighted by molar-refractivity contribution is 0.182. The number of carbonyl (C=O) groups excluding carboxylic acids is 1. The van der Waals surface area contributed by atoms with Gasteiger partial charge in [0.2, 0.25) is 0 Å². The zero-order valence-electron chi connectivity index (χ0n) is 7.93. The fourth-order valence-corrected chi connectivity index (χ4v) is 1.44. The van der Waals surface area contributed by atoms with Crippen LogP contribution in [0.2, 0.25) is 0 Å². The lowest BCUT2D eigenvalue weighted by atomic mass is 10.3. The molecule has 72 valence electrons. The normalized spacial score (nSPS) is 18.8. The Kier molecular flexibility index (Phi) is 2.23. The van der Waals surface area contributed by atoms with Crippen molar-refractivity contribution in [2.45, 2.75) is 6.92 Å². The fraction of sp³-hybridized carbons (Fsp3) is 0.182. The minimum atomic E-state index is -0.302. The summed E-state index contributed by atoms with van der Waals surface area (Å²) < 4.78 is 4.94. The van der Waals surface area contributed by atoms with E-state index in [1.54, 1.807) is 4.90 Å². The Morgan fingerprint density at radius 2 is 2.07 bits per heavy atom. The summed E-state index contributed by atoms with van der Waals surface area (Å²) >= 11 is 0. The molecule has 1 aliphatic rings. The molecule has 1 aliphatic heterocycles. The van der Waals surface area contributed by atoms with Gasteiger partial charge in [-0.1, -0.05) is 24.3 Å². The summed E-state index contributed by atoms with van der Waals surface area (Å²) in [5.74, 6) is 0. The van der Waals surface area contributed by atoms with Crippen molar-refractivity contribution < 1.29 is 9.53 Å². The van der Waals surface area contributed by atoms with Gasteiger partial charge in [0.25, 0.3) is 0 Å². The molecule has 1 saturated heterocycles. The van der Waals surface area contributed by atoms with Crippen molar-refractivity contribution in [3.8, 4) is 0 Å². The molecular weight excluding hydrogens is 178 g/mol. The number of benzene rings is 1. The number of amides is 1. The van der Waals surface area contributed by atoms with E-state index >= 15 is 0 Å². The van der Waals surface area contributed by atoms with Crippen molar-refractivity contribution in [3.63, 3.8) is 0 Å². The molecule has 0 unspecified atom stereocenters. The summed E-state index contributed by atoms with van der Waals surface area (Å²) in [6.45, 7) is 2.26. The molecule has 0 N–H and O–H groups in total. The lowest BCUT2D eigenvalue weighted by Crippen LogP contribution is -2.21. The molecule has 2 rings (SSSR count). The molecule has 3 nitrogen and oxygen atoms in total. The smallest absolute Gasteiger partial charge is 0.419 e. The highest BCUT2D eigenvalue weighted by molar-refractivity contribution is 5.93. The van der Waals surface area contributed by atoms with Gasteiger partial charge in [0.15, 0.2) is 0 Å². The van der Waals surface area contributed by atoms with Gasteiger partial charge in [-0.2, -0.15) is 0 Å². The summed E-state index contributed by atoms with van der Waals surface area (Å²) in [4.78, 5) is 13.0. The van der Waals surface area contributed by atoms with E-state index in [9.17, 15) is 4.79 Å². The summed E-state index contributed by atoms with van der Waals surface area (Å²) in [5, 5.41) is 0. The Hall–Kier alpha value is -1.77. The van der Waals surface area contributed by atoms with Crippen molar-refractivity contribution in [1.82, 2.24) is 0 Å². The van der Waals surface area contributed by atoms with E-state index in [2.05, 4.69) is 0 Å². The van der Waals surface area contributed by atoms with Crippen molar-refractivity contribution >= 4 is 11.8 Å². The van der Waals surface area contributed by atoms with Crippen LogP contribution in [0.1, 0.15) is 6.92 Å². The Bertz CT molecular complexity index is 370. The molecule has 0 aromatic heterocycles. The average Bonchev–Trinajstić information content (AvgIpc) is 2.61. The van der Waals surface area contributed by atoms with Gasteiger partial charge in [0, 0.05) is 0 Å². The number of anilines is 1. The van der Waals surface area contributed by atoms with E-state index in [1.807, 2.05) is 43.3 Å². The molecule has 0 saturated carbocycles. The zero-order valence-corrected chi connectivity index (χ0v) is 7.93. The fourth-order valence-electron chi connectivity index (χ4n) is 1.44. The maximum absolute atomic E-state index is 11.4. The quantitative estimate of drug-likeness (QED) is 0.679. The van der Waals surface area contributed by atoms with Gasteiger partial charge in [0.05, 0.1) is 11.4 Å². The van der Waals surface area contributed by atoms with Gasteiger partial charge < -0.3 is 4.74 Å². The van der Waals surface area contributed by atoms with E-state index in [4.69, 9.17) is 4.74 Å². The number of ether oxygens (including phenoxy) is 1. The van der Waals surface area contributed by atoms with Gasteiger partial charge in [-0.25, -0.2) is 9.69 Å². The number of allylic oxidation sites excluding steroid dienone is 1. The third-order valence-electron chi connectivity index (χ3n) is 2.16. The zero-order chi connectivity index (χ0) is 9.97. The molecule has 0 spiro atoms. The molecule has 1 aromatic carbocycles. The summed E-state index contributed by atoms with van der Waals surface area (Å²) in [5.41, 5.74) is 1.74. The van der Waals surface area contributed by atoms with Crippen molar-refractivity contribution in [2.24, 2.45) is 0 Å². The molecule has 0 radical (unpaired) electrons. The van der Waals surface area contributed by atoms with Crippen molar-refractivity contribution in [1.29, 1.82) is 0 Å². The molecule has 14 heavy (non-hydrogen) atoms. The van der Waals surface area contributed by atoms with Crippen LogP contribution in [0.3, 0.4) is 0 Å². The molecule has 1 amide bonds. The Labute approximate surface area is 82.6 Å². The minimum absolute atomic E-state index is 0.302. The highest BCUT2D eigenvalue weighted by atomic mass is 16.6. The van der Waals surface area contributed by atoms with Crippen LogP contribution in [-0.2, 0) is 4.74 Å². The average molecular weight is 189 g/mol. The number of para-hydroxylation sites is 1. The van der Waals surface area contributed by atoms with Crippen LogP contribution in [0.25, 0.3) is 0 Å². The second-order valence-corrected chi connectivity index (χ2v) is 3.01. The lowest BCUT2D eigenvalue weighted by Gasteiger charge is -2.13. The first-order chi connectivity index (χ1) is 6.83. The van der Waals surface area contributed by atoms with E-state index in [0.717, 1.165) is 11.4 Å². The van der Waals surface area contributed by atoms with E-state index < -0.39 is 0 Å². The van der Waals surface area contributed by atoms with Gasteiger partial charge in [0.1, 0.15) is 6.61 Å². The standard InChI is InChI=1S/C11H11NO2/c1-2-9-8-14-11(13)12(9)10-6-4-3-5-7-10/h2-7H,8H2,1H3/b9-2-. The Balaban J connectivity index is 2.38. The van der Waals surface area contributed by atoms with Gasteiger partial charge in [-0.3, -0.25) is 0 Å². The third kappa shape index (κ3) is 1.37. The third-order valence-corrected chi connectivity index (χ3v) is 2.16. The maximum atomic E-state index is 11.4. The SMILES string of the molecule is C/C=C1/COC(=O)N1c1ccccc1. The van der Waals surface area contributed by atoms with Crippen molar-refractivity contribution in [3.05, 3.63) is 42.1 Å². The van der Waals surface area contributed by atoms with Crippen LogP contribution in [0, 0.1) is 0 Å².